The van der Waals surface area contributed by atoms with Gasteiger partial charge < -0.3 is 9.30 Å². The maximum Gasteiger partial charge on any atom is 0.119 e. The molecular weight excluding hydrogens is 360 g/mol. The number of benzene rings is 1. The van der Waals surface area contributed by atoms with E-state index in [0.29, 0.717) is 0 Å². The van der Waals surface area contributed by atoms with E-state index in [-0.39, 0.29) is 4.08 Å². The third-order valence-corrected chi connectivity index (χ3v) is 8.68. The minimum Gasteiger partial charge on any atom is -0.494 e. The Kier molecular flexibility index (Phi) is 7.38. The first kappa shape index (κ1) is 19.7. The summed E-state index contributed by atoms with van der Waals surface area (Å²) in [7, 11) is 0. The fraction of sp³-hybridized carbons (Fsp3) is 0.571. The minimum absolute atomic E-state index is 0.289. The number of thioether (sulfide) groups is 2. The van der Waals surface area contributed by atoms with Crippen molar-refractivity contribution in [2.75, 3.05) is 18.1 Å². The van der Waals surface area contributed by atoms with Crippen molar-refractivity contribution in [1.82, 2.24) is 9.55 Å². The Labute approximate surface area is 166 Å². The van der Waals surface area contributed by atoms with E-state index >= 15 is 0 Å². The highest BCUT2D eigenvalue weighted by atomic mass is 32.2. The highest BCUT2D eigenvalue weighted by Crippen LogP contribution is 2.49. The summed E-state index contributed by atoms with van der Waals surface area (Å²) in [6.45, 7) is 6.13. The summed E-state index contributed by atoms with van der Waals surface area (Å²) in [6.07, 6.45) is 10.8. The third-order valence-electron chi connectivity index (χ3n) is 4.98. The van der Waals surface area contributed by atoms with Gasteiger partial charge in [-0.25, -0.2) is 4.98 Å². The minimum atomic E-state index is 0.289. The van der Waals surface area contributed by atoms with Gasteiger partial charge in [0.15, 0.2) is 0 Å². The topological polar surface area (TPSA) is 27.1 Å². The van der Waals surface area contributed by atoms with Gasteiger partial charge in [0.25, 0.3) is 0 Å². The second-order valence-electron chi connectivity index (χ2n) is 6.97. The molecule has 3 rings (SSSR count). The molecule has 1 aliphatic heterocycles. The van der Waals surface area contributed by atoms with Crippen molar-refractivity contribution in [2.24, 2.45) is 5.92 Å². The molecule has 0 spiro atoms. The molecule has 1 fully saturated rings. The monoisotopic (exact) mass is 390 g/mol. The molecule has 142 valence electrons. The van der Waals surface area contributed by atoms with Crippen LogP contribution in [-0.4, -0.2) is 31.7 Å². The Balaban J connectivity index is 1.57. The van der Waals surface area contributed by atoms with Crippen molar-refractivity contribution in [3.63, 3.8) is 0 Å². The molecular formula is C21H30N2OS2. The number of aromatic nitrogens is 2. The maximum absolute atomic E-state index is 5.54. The molecule has 1 aromatic carbocycles. The molecule has 0 unspecified atom stereocenters. The zero-order valence-electron chi connectivity index (χ0n) is 15.9. The second kappa shape index (κ2) is 9.75. The van der Waals surface area contributed by atoms with Crippen LogP contribution in [0.3, 0.4) is 0 Å². The summed E-state index contributed by atoms with van der Waals surface area (Å²) >= 11 is 4.36. The molecule has 2 aromatic rings. The van der Waals surface area contributed by atoms with E-state index in [1.54, 1.807) is 0 Å². The molecule has 2 heterocycles. The van der Waals surface area contributed by atoms with Crippen LogP contribution in [0, 0.1) is 5.92 Å². The molecule has 0 amide bonds. The van der Waals surface area contributed by atoms with E-state index in [2.05, 4.69) is 70.5 Å². The highest BCUT2D eigenvalue weighted by Gasteiger charge is 2.36. The number of imidazole rings is 1. The lowest BCUT2D eigenvalue weighted by molar-refractivity contribution is 0.340. The highest BCUT2D eigenvalue weighted by molar-refractivity contribution is 8.18. The molecule has 1 aromatic heterocycles. The van der Waals surface area contributed by atoms with Crippen molar-refractivity contribution < 1.29 is 4.74 Å². The van der Waals surface area contributed by atoms with Crippen LogP contribution in [0.15, 0.2) is 43.0 Å². The van der Waals surface area contributed by atoms with Crippen LogP contribution in [0.4, 0.5) is 0 Å². The van der Waals surface area contributed by atoms with Crippen LogP contribution >= 0.6 is 23.5 Å². The molecule has 26 heavy (non-hydrogen) atoms. The van der Waals surface area contributed by atoms with E-state index < -0.39 is 0 Å². The van der Waals surface area contributed by atoms with Crippen LogP contribution in [0.1, 0.15) is 38.7 Å². The Morgan fingerprint density at radius 3 is 2.58 bits per heavy atom. The van der Waals surface area contributed by atoms with Gasteiger partial charge in [0.2, 0.25) is 0 Å². The summed E-state index contributed by atoms with van der Waals surface area (Å²) < 4.78 is 8.08. The Morgan fingerprint density at radius 1 is 1.19 bits per heavy atom. The average molecular weight is 391 g/mol. The molecule has 0 radical (unpaired) electrons. The number of hydrogen-bond acceptors (Lipinski definition) is 4. The smallest absolute Gasteiger partial charge is 0.119 e. The van der Waals surface area contributed by atoms with Gasteiger partial charge in [-0.15, -0.1) is 23.5 Å². The Hall–Kier alpha value is -1.07. The predicted molar refractivity (Wildman–Crippen MR) is 114 cm³/mol. The number of nitrogens with zero attached hydrogens (tertiary/aromatic N) is 2. The fourth-order valence-electron chi connectivity index (χ4n) is 3.32. The van der Waals surface area contributed by atoms with Gasteiger partial charge in [0.05, 0.1) is 17.0 Å². The molecule has 0 saturated carbocycles. The van der Waals surface area contributed by atoms with E-state index in [1.165, 1.54) is 36.3 Å². The SMILES string of the molecule is CCOc1ccc(CCCC2(Cn3ccnc3)SCC(CC)CS2)cc1. The van der Waals surface area contributed by atoms with Crippen LogP contribution in [0.25, 0.3) is 0 Å². The van der Waals surface area contributed by atoms with Gasteiger partial charge >= 0.3 is 0 Å². The van der Waals surface area contributed by atoms with Crippen molar-refractivity contribution >= 4 is 23.5 Å². The van der Waals surface area contributed by atoms with Crippen LogP contribution in [0.5, 0.6) is 5.75 Å². The summed E-state index contributed by atoms with van der Waals surface area (Å²) in [5.41, 5.74) is 1.41. The van der Waals surface area contributed by atoms with E-state index in [9.17, 15) is 0 Å². The fourth-order valence-corrected chi connectivity index (χ4v) is 7.05. The first-order valence-corrected chi connectivity index (χ1v) is 11.7. The summed E-state index contributed by atoms with van der Waals surface area (Å²) in [5, 5.41) is 0. The van der Waals surface area contributed by atoms with Crippen LogP contribution in [-0.2, 0) is 13.0 Å². The van der Waals surface area contributed by atoms with E-state index in [0.717, 1.165) is 31.2 Å². The maximum atomic E-state index is 5.54. The summed E-state index contributed by atoms with van der Waals surface area (Å²) in [6, 6.07) is 8.61. The Morgan fingerprint density at radius 2 is 1.96 bits per heavy atom. The number of rotatable bonds is 9. The summed E-state index contributed by atoms with van der Waals surface area (Å²) in [4.78, 5) is 4.23. The predicted octanol–water partition coefficient (Wildman–Crippen LogP) is 5.51. The largest absolute Gasteiger partial charge is 0.494 e. The number of aryl methyl sites for hydroxylation is 1. The average Bonchev–Trinajstić information content (AvgIpc) is 3.17. The van der Waals surface area contributed by atoms with Gasteiger partial charge in [-0.2, -0.15) is 0 Å². The number of hydrogen-bond donors (Lipinski definition) is 0. The molecule has 0 bridgehead atoms. The van der Waals surface area contributed by atoms with E-state index in [4.69, 9.17) is 4.74 Å². The van der Waals surface area contributed by atoms with Crippen molar-refractivity contribution in [3.8, 4) is 5.75 Å². The first-order valence-electron chi connectivity index (χ1n) is 9.68. The van der Waals surface area contributed by atoms with Gasteiger partial charge in [-0.05, 0) is 61.3 Å². The second-order valence-corrected chi connectivity index (χ2v) is 10.0. The lowest BCUT2D eigenvalue weighted by Gasteiger charge is -2.39. The number of ether oxygens (including phenoxy) is 1. The van der Waals surface area contributed by atoms with E-state index in [1.807, 2.05) is 19.4 Å². The lowest BCUT2D eigenvalue weighted by atomic mass is 10.1. The molecule has 3 nitrogen and oxygen atoms in total. The van der Waals surface area contributed by atoms with Crippen LogP contribution < -0.4 is 4.74 Å². The van der Waals surface area contributed by atoms with Crippen molar-refractivity contribution in [3.05, 3.63) is 48.5 Å². The molecule has 1 saturated heterocycles. The zero-order chi connectivity index (χ0) is 18.2. The normalized spacial score (nSPS) is 23.1. The quantitative estimate of drug-likeness (QED) is 0.564. The zero-order valence-corrected chi connectivity index (χ0v) is 17.5. The van der Waals surface area contributed by atoms with Crippen molar-refractivity contribution in [1.29, 1.82) is 0 Å². The first-order chi connectivity index (χ1) is 12.7. The molecule has 0 N–H and O–H groups in total. The summed E-state index contributed by atoms with van der Waals surface area (Å²) in [5.74, 6) is 4.42. The standard InChI is InChI=1S/C21H30N2OS2/c1-3-18-14-25-21(26-15-18,16-23-13-12-22-17-23)11-5-6-19-7-9-20(10-8-19)24-4-2/h7-10,12-13,17-18H,3-6,11,14-16H2,1-2H3. The van der Waals surface area contributed by atoms with Gasteiger partial charge in [0, 0.05) is 18.9 Å². The van der Waals surface area contributed by atoms with Crippen LogP contribution in [0.2, 0.25) is 0 Å². The van der Waals surface area contributed by atoms with Gasteiger partial charge in [-0.3, -0.25) is 0 Å². The third kappa shape index (κ3) is 5.46. The molecule has 5 heteroatoms. The van der Waals surface area contributed by atoms with Crippen molar-refractivity contribution in [2.45, 2.75) is 50.2 Å². The molecule has 1 aliphatic rings. The lowest BCUT2D eigenvalue weighted by Crippen LogP contribution is -2.33. The molecule has 0 aliphatic carbocycles. The molecule has 0 atom stereocenters. The van der Waals surface area contributed by atoms with Gasteiger partial charge in [-0.1, -0.05) is 25.5 Å². The van der Waals surface area contributed by atoms with Gasteiger partial charge in [0.1, 0.15) is 5.75 Å². The Bertz CT molecular complexity index is 635.